The fourth-order valence-corrected chi connectivity index (χ4v) is 3.18. The third kappa shape index (κ3) is 3.50. The van der Waals surface area contributed by atoms with Crippen LogP contribution in [0.15, 0.2) is 22.7 Å². The van der Waals surface area contributed by atoms with Gasteiger partial charge in [-0.2, -0.15) is 0 Å². The predicted octanol–water partition coefficient (Wildman–Crippen LogP) is 3.59. The van der Waals surface area contributed by atoms with Gasteiger partial charge >= 0.3 is 0 Å². The summed E-state index contributed by atoms with van der Waals surface area (Å²) in [5, 5.41) is 3.04. The molecule has 1 amide bonds. The molecule has 1 saturated carbocycles. The number of anilines is 1. The summed E-state index contributed by atoms with van der Waals surface area (Å²) in [6, 6.07) is 5.38. The Balaban J connectivity index is 1.95. The second kappa shape index (κ2) is 6.42. The lowest BCUT2D eigenvalue weighted by Crippen LogP contribution is -2.33. The maximum atomic E-state index is 12.2. The van der Waals surface area contributed by atoms with E-state index >= 15 is 0 Å². The van der Waals surface area contributed by atoms with Gasteiger partial charge in [-0.05, 0) is 46.3 Å². The van der Waals surface area contributed by atoms with Crippen molar-refractivity contribution in [1.82, 2.24) is 5.32 Å². The Labute approximate surface area is 123 Å². The number of rotatable bonds is 3. The number of carbonyl (C=O) groups is 1. The van der Waals surface area contributed by atoms with Crippen LogP contribution in [0.25, 0.3) is 0 Å². The van der Waals surface area contributed by atoms with E-state index in [-0.39, 0.29) is 5.91 Å². The molecule has 104 valence electrons. The van der Waals surface area contributed by atoms with Crippen molar-refractivity contribution in [3.05, 3.63) is 28.2 Å². The Morgan fingerprint density at radius 2 is 2.16 bits per heavy atom. The molecule has 4 heteroatoms. The van der Waals surface area contributed by atoms with Crippen LogP contribution in [0.5, 0.6) is 0 Å². The van der Waals surface area contributed by atoms with E-state index in [1.807, 2.05) is 0 Å². The van der Waals surface area contributed by atoms with E-state index in [9.17, 15) is 4.79 Å². The molecule has 1 aromatic rings. The molecule has 0 aromatic heterocycles. The van der Waals surface area contributed by atoms with Gasteiger partial charge in [-0.1, -0.05) is 32.3 Å². The summed E-state index contributed by atoms with van der Waals surface area (Å²) in [5.41, 5.74) is 7.00. The number of hydrogen-bond donors (Lipinski definition) is 2. The molecule has 19 heavy (non-hydrogen) atoms. The van der Waals surface area contributed by atoms with Crippen molar-refractivity contribution in [2.75, 3.05) is 12.3 Å². The van der Waals surface area contributed by atoms with Crippen LogP contribution in [-0.2, 0) is 0 Å². The normalized spacial score (nSPS) is 23.1. The number of nitrogens with one attached hydrogen (secondary N) is 1. The van der Waals surface area contributed by atoms with Crippen molar-refractivity contribution in [1.29, 1.82) is 0 Å². The highest BCUT2D eigenvalue weighted by Gasteiger charge is 2.22. The zero-order chi connectivity index (χ0) is 13.8. The van der Waals surface area contributed by atoms with Crippen LogP contribution in [0.4, 0.5) is 5.69 Å². The molecular formula is C15H21BrN2O. The zero-order valence-corrected chi connectivity index (χ0v) is 12.9. The number of benzene rings is 1. The highest BCUT2D eigenvalue weighted by atomic mass is 79.9. The Bertz CT molecular complexity index is 461. The number of carbonyl (C=O) groups excluding carboxylic acids is 1. The first-order valence-electron chi connectivity index (χ1n) is 6.91. The van der Waals surface area contributed by atoms with Gasteiger partial charge in [0.1, 0.15) is 0 Å². The fraction of sp³-hybridized carbons (Fsp3) is 0.533. The first-order chi connectivity index (χ1) is 9.09. The van der Waals surface area contributed by atoms with Gasteiger partial charge in [0, 0.05) is 12.2 Å². The number of nitrogens with two attached hydrogens (primary N) is 1. The number of amides is 1. The average molecular weight is 325 g/mol. The summed E-state index contributed by atoms with van der Waals surface area (Å²) >= 11 is 3.37. The van der Waals surface area contributed by atoms with Gasteiger partial charge in [-0.3, -0.25) is 4.79 Å². The summed E-state index contributed by atoms with van der Waals surface area (Å²) in [6.07, 6.45) is 5.11. The summed E-state index contributed by atoms with van der Waals surface area (Å²) < 4.78 is 0.684. The zero-order valence-electron chi connectivity index (χ0n) is 11.3. The third-order valence-electron chi connectivity index (χ3n) is 4.09. The number of halogens is 1. The summed E-state index contributed by atoms with van der Waals surface area (Å²) in [5.74, 6) is 1.27. The lowest BCUT2D eigenvalue weighted by molar-refractivity contribution is 0.0935. The minimum atomic E-state index is -0.0445. The first kappa shape index (κ1) is 14.4. The summed E-state index contributed by atoms with van der Waals surface area (Å²) in [7, 11) is 0. The van der Waals surface area contributed by atoms with Gasteiger partial charge in [0.15, 0.2) is 0 Å². The quantitative estimate of drug-likeness (QED) is 0.835. The maximum absolute atomic E-state index is 12.2. The lowest BCUT2D eigenvalue weighted by atomic mass is 9.80. The van der Waals surface area contributed by atoms with E-state index < -0.39 is 0 Å². The fourth-order valence-electron chi connectivity index (χ4n) is 2.74. The van der Waals surface area contributed by atoms with Gasteiger partial charge in [0.05, 0.1) is 10.0 Å². The van der Waals surface area contributed by atoms with E-state index in [1.165, 1.54) is 25.7 Å². The molecule has 3 N–H and O–H groups in total. The van der Waals surface area contributed by atoms with Gasteiger partial charge in [0.25, 0.3) is 5.91 Å². The average Bonchev–Trinajstić information content (AvgIpc) is 2.40. The monoisotopic (exact) mass is 324 g/mol. The van der Waals surface area contributed by atoms with Gasteiger partial charge in [-0.15, -0.1) is 0 Å². The van der Waals surface area contributed by atoms with E-state index in [2.05, 4.69) is 28.2 Å². The third-order valence-corrected chi connectivity index (χ3v) is 4.97. The van der Waals surface area contributed by atoms with E-state index in [0.29, 0.717) is 27.6 Å². The molecule has 1 fully saturated rings. The molecule has 0 spiro atoms. The highest BCUT2D eigenvalue weighted by molar-refractivity contribution is 9.10. The largest absolute Gasteiger partial charge is 0.398 e. The minimum absolute atomic E-state index is 0.0445. The second-order valence-corrected chi connectivity index (χ2v) is 6.23. The molecule has 1 aliphatic rings. The van der Waals surface area contributed by atoms with Crippen LogP contribution in [0.2, 0.25) is 0 Å². The van der Waals surface area contributed by atoms with Crippen molar-refractivity contribution in [2.24, 2.45) is 11.8 Å². The molecule has 2 atom stereocenters. The lowest BCUT2D eigenvalue weighted by Gasteiger charge is -2.28. The Morgan fingerprint density at radius 1 is 1.42 bits per heavy atom. The van der Waals surface area contributed by atoms with Crippen molar-refractivity contribution < 1.29 is 4.79 Å². The van der Waals surface area contributed by atoms with Crippen LogP contribution < -0.4 is 11.1 Å². The van der Waals surface area contributed by atoms with Crippen molar-refractivity contribution in [3.8, 4) is 0 Å². The SMILES string of the molecule is CC1CCCCC1CNC(=O)c1cccc(N)c1Br. The van der Waals surface area contributed by atoms with E-state index in [0.717, 1.165) is 6.54 Å². The van der Waals surface area contributed by atoms with Crippen LogP contribution >= 0.6 is 15.9 Å². The first-order valence-corrected chi connectivity index (χ1v) is 7.71. The van der Waals surface area contributed by atoms with E-state index in [4.69, 9.17) is 5.73 Å². The Morgan fingerprint density at radius 3 is 2.89 bits per heavy atom. The summed E-state index contributed by atoms with van der Waals surface area (Å²) in [4.78, 5) is 12.2. The minimum Gasteiger partial charge on any atom is -0.398 e. The van der Waals surface area contributed by atoms with Crippen LogP contribution in [0.1, 0.15) is 43.0 Å². The second-order valence-electron chi connectivity index (χ2n) is 5.44. The molecule has 0 heterocycles. The Hall–Kier alpha value is -1.03. The van der Waals surface area contributed by atoms with Gasteiger partial charge in [-0.25, -0.2) is 0 Å². The highest BCUT2D eigenvalue weighted by Crippen LogP contribution is 2.29. The van der Waals surface area contributed by atoms with Gasteiger partial charge < -0.3 is 11.1 Å². The number of hydrogen-bond acceptors (Lipinski definition) is 2. The van der Waals surface area contributed by atoms with Crippen molar-refractivity contribution >= 4 is 27.5 Å². The maximum Gasteiger partial charge on any atom is 0.252 e. The molecule has 1 aliphatic carbocycles. The van der Waals surface area contributed by atoms with Gasteiger partial charge in [0.2, 0.25) is 0 Å². The molecular weight excluding hydrogens is 304 g/mol. The van der Waals surface area contributed by atoms with Crippen molar-refractivity contribution in [3.63, 3.8) is 0 Å². The molecule has 0 saturated heterocycles. The summed E-state index contributed by atoms with van der Waals surface area (Å²) in [6.45, 7) is 3.05. The number of nitrogen functional groups attached to an aromatic ring is 1. The van der Waals surface area contributed by atoms with Crippen LogP contribution in [-0.4, -0.2) is 12.5 Å². The Kier molecular flexibility index (Phi) is 4.86. The van der Waals surface area contributed by atoms with E-state index in [1.54, 1.807) is 18.2 Å². The molecule has 2 rings (SSSR count). The topological polar surface area (TPSA) is 55.1 Å². The standard InChI is InChI=1S/C15H21BrN2O/c1-10-5-2-3-6-11(10)9-18-15(19)12-7-4-8-13(17)14(12)16/h4,7-8,10-11H,2-3,5-6,9,17H2,1H3,(H,18,19). The molecule has 2 unspecified atom stereocenters. The molecule has 0 radical (unpaired) electrons. The van der Waals surface area contributed by atoms with Crippen molar-refractivity contribution in [2.45, 2.75) is 32.6 Å². The molecule has 0 aliphatic heterocycles. The molecule has 0 bridgehead atoms. The van der Waals surface area contributed by atoms with Crippen LogP contribution in [0, 0.1) is 11.8 Å². The predicted molar refractivity (Wildman–Crippen MR) is 82.0 cm³/mol. The smallest absolute Gasteiger partial charge is 0.252 e. The molecule has 3 nitrogen and oxygen atoms in total. The molecule has 1 aromatic carbocycles. The van der Waals surface area contributed by atoms with Crippen LogP contribution in [0.3, 0.4) is 0 Å².